The van der Waals surface area contributed by atoms with E-state index in [4.69, 9.17) is 4.42 Å². The van der Waals surface area contributed by atoms with Crippen LogP contribution in [0.3, 0.4) is 0 Å². The zero-order chi connectivity index (χ0) is 21.3. The maximum absolute atomic E-state index is 13.3. The largest absolute Gasteiger partial charge is 0.508 e. The average molecular weight is 409 g/mol. The number of rotatable bonds is 6. The molecule has 6 heteroatoms. The summed E-state index contributed by atoms with van der Waals surface area (Å²) < 4.78 is 7.63. The molecule has 6 nitrogen and oxygen atoms in total. The molecule has 0 radical (unpaired) electrons. The van der Waals surface area contributed by atoms with Crippen LogP contribution in [-0.2, 0) is 6.54 Å². The number of piperazine rings is 1. The summed E-state index contributed by atoms with van der Waals surface area (Å²) in [6.07, 6.45) is 1.68. The van der Waals surface area contributed by atoms with Crippen molar-refractivity contribution in [2.75, 3.05) is 31.1 Å². The van der Waals surface area contributed by atoms with Crippen LogP contribution in [0.4, 0.5) is 5.69 Å². The number of carbonyl (C=O) groups excluding carboxylic acids is 1. The molecular formula is C24H30N3O3+. The molecular weight excluding hydrogens is 378 g/mol. The molecule has 0 saturated carbocycles. The van der Waals surface area contributed by atoms with Gasteiger partial charge in [0.25, 0.3) is 0 Å². The molecule has 1 atom stereocenters. The number of carbonyl (C=O) groups is 1. The molecule has 3 heterocycles. The van der Waals surface area contributed by atoms with Gasteiger partial charge in [0.2, 0.25) is 5.78 Å². The lowest BCUT2D eigenvalue weighted by atomic mass is 10.0. The molecule has 2 aromatic heterocycles. The lowest BCUT2D eigenvalue weighted by molar-refractivity contribution is -0.914. The highest BCUT2D eigenvalue weighted by atomic mass is 16.3. The van der Waals surface area contributed by atoms with Gasteiger partial charge in [-0.1, -0.05) is 0 Å². The van der Waals surface area contributed by atoms with Gasteiger partial charge in [0, 0.05) is 22.6 Å². The van der Waals surface area contributed by atoms with E-state index in [0.717, 1.165) is 54.6 Å². The fraction of sp³-hybridized carbons (Fsp3) is 0.375. The van der Waals surface area contributed by atoms with Crippen LogP contribution in [0.2, 0.25) is 0 Å². The first-order valence-electron chi connectivity index (χ1n) is 10.6. The van der Waals surface area contributed by atoms with Crippen molar-refractivity contribution >= 4 is 11.5 Å². The first-order chi connectivity index (χ1) is 14.4. The van der Waals surface area contributed by atoms with Gasteiger partial charge in [-0.05, 0) is 63.2 Å². The van der Waals surface area contributed by atoms with Crippen molar-refractivity contribution in [1.82, 2.24) is 4.57 Å². The van der Waals surface area contributed by atoms with E-state index < -0.39 is 0 Å². The monoisotopic (exact) mass is 408 g/mol. The maximum atomic E-state index is 13.3. The van der Waals surface area contributed by atoms with E-state index in [1.54, 1.807) is 18.4 Å². The van der Waals surface area contributed by atoms with Gasteiger partial charge in [0.1, 0.15) is 17.6 Å². The number of aryl methyl sites for hydroxylation is 1. The maximum Gasteiger partial charge on any atom is 0.221 e. The second-order valence-electron chi connectivity index (χ2n) is 8.20. The van der Waals surface area contributed by atoms with Crippen LogP contribution in [0.15, 0.2) is 53.1 Å². The highest BCUT2D eigenvalue weighted by Gasteiger charge is 2.31. The predicted octanol–water partition coefficient (Wildman–Crippen LogP) is 2.43. The van der Waals surface area contributed by atoms with Crippen molar-refractivity contribution in [3.63, 3.8) is 0 Å². The summed E-state index contributed by atoms with van der Waals surface area (Å²) in [5, 5.41) is 9.49. The Hall–Kier alpha value is -2.99. The molecule has 0 amide bonds. The molecule has 2 N–H and O–H groups in total. The minimum Gasteiger partial charge on any atom is -0.508 e. The van der Waals surface area contributed by atoms with Gasteiger partial charge >= 0.3 is 0 Å². The van der Waals surface area contributed by atoms with E-state index in [9.17, 15) is 9.90 Å². The number of nitrogens with zero attached hydrogens (tertiary/aromatic N) is 2. The van der Waals surface area contributed by atoms with Gasteiger partial charge in [-0.2, -0.15) is 0 Å². The topological polar surface area (TPSA) is 63.1 Å². The highest BCUT2D eigenvalue weighted by molar-refractivity contribution is 6.00. The molecule has 1 fully saturated rings. The number of ketones is 1. The van der Waals surface area contributed by atoms with E-state index in [-0.39, 0.29) is 17.6 Å². The lowest BCUT2D eigenvalue weighted by Gasteiger charge is -2.36. The average Bonchev–Trinajstić information content (AvgIpc) is 3.37. The first-order valence-corrected chi connectivity index (χ1v) is 10.6. The summed E-state index contributed by atoms with van der Waals surface area (Å²) >= 11 is 0. The number of quaternary nitrogens is 1. The summed E-state index contributed by atoms with van der Waals surface area (Å²) in [5.74, 6) is 1.38. The molecule has 1 aliphatic heterocycles. The Labute approximate surface area is 177 Å². The number of phenolic OH excluding ortho intramolecular Hbond substituents is 1. The minimum absolute atomic E-state index is 0.0791. The summed E-state index contributed by atoms with van der Waals surface area (Å²) in [6, 6.07) is 13.1. The van der Waals surface area contributed by atoms with Crippen LogP contribution in [0.1, 0.15) is 34.4 Å². The smallest absolute Gasteiger partial charge is 0.221 e. The van der Waals surface area contributed by atoms with Gasteiger partial charge in [-0.15, -0.1) is 0 Å². The van der Waals surface area contributed by atoms with Crippen molar-refractivity contribution in [1.29, 1.82) is 0 Å². The van der Waals surface area contributed by atoms with E-state index in [2.05, 4.69) is 9.47 Å². The van der Waals surface area contributed by atoms with E-state index in [1.807, 2.05) is 51.1 Å². The molecule has 0 unspecified atom stereocenters. The second kappa shape index (κ2) is 8.40. The number of furan rings is 1. The van der Waals surface area contributed by atoms with Crippen LogP contribution >= 0.6 is 0 Å². The molecule has 1 aliphatic rings. The van der Waals surface area contributed by atoms with Crippen molar-refractivity contribution in [2.45, 2.75) is 33.4 Å². The van der Waals surface area contributed by atoms with Crippen LogP contribution in [0, 0.1) is 13.8 Å². The number of anilines is 1. The number of hydrogen-bond acceptors (Lipinski definition) is 4. The lowest BCUT2D eigenvalue weighted by Crippen LogP contribution is -3.18. The third-order valence-corrected chi connectivity index (χ3v) is 6.36. The third-order valence-electron chi connectivity index (χ3n) is 6.36. The fourth-order valence-electron chi connectivity index (χ4n) is 4.42. The number of aromatic nitrogens is 1. The summed E-state index contributed by atoms with van der Waals surface area (Å²) in [6.45, 7) is 10.4. The molecule has 30 heavy (non-hydrogen) atoms. The molecule has 1 aromatic carbocycles. The van der Waals surface area contributed by atoms with Crippen LogP contribution in [0.5, 0.6) is 5.75 Å². The number of hydrogen-bond donors (Lipinski definition) is 2. The van der Waals surface area contributed by atoms with Crippen LogP contribution < -0.4 is 9.80 Å². The fourth-order valence-corrected chi connectivity index (χ4v) is 4.42. The van der Waals surface area contributed by atoms with Gasteiger partial charge in [0.05, 0.1) is 39.0 Å². The zero-order valence-corrected chi connectivity index (χ0v) is 17.9. The van der Waals surface area contributed by atoms with E-state index >= 15 is 0 Å². The van der Waals surface area contributed by atoms with Crippen molar-refractivity contribution in [3.8, 4) is 5.75 Å². The molecule has 0 spiro atoms. The predicted molar refractivity (Wildman–Crippen MR) is 117 cm³/mol. The highest BCUT2D eigenvalue weighted by Crippen LogP contribution is 2.20. The Morgan fingerprint density at radius 1 is 1.17 bits per heavy atom. The quantitative estimate of drug-likeness (QED) is 0.615. The van der Waals surface area contributed by atoms with Crippen molar-refractivity contribution in [2.24, 2.45) is 0 Å². The Morgan fingerprint density at radius 3 is 2.50 bits per heavy atom. The Balaban J connectivity index is 1.42. The van der Waals surface area contributed by atoms with Crippen LogP contribution in [-0.4, -0.2) is 47.7 Å². The Bertz CT molecular complexity index is 997. The number of nitrogens with one attached hydrogen (secondary N) is 1. The van der Waals surface area contributed by atoms with Gasteiger partial charge in [-0.25, -0.2) is 0 Å². The first kappa shape index (κ1) is 20.3. The summed E-state index contributed by atoms with van der Waals surface area (Å²) in [4.78, 5) is 17.0. The van der Waals surface area contributed by atoms with Gasteiger partial charge in [0.15, 0.2) is 0 Å². The molecule has 4 rings (SSSR count). The Kier molecular flexibility index (Phi) is 5.68. The SMILES string of the molecule is Cc1cc(C(=O)[C@H](C)[NH+]2CCN(c3ccc(O)cc3)CC2)c(C)n1Cc1ccco1. The van der Waals surface area contributed by atoms with Gasteiger partial charge < -0.3 is 23.9 Å². The van der Waals surface area contributed by atoms with E-state index in [0.29, 0.717) is 6.54 Å². The molecule has 3 aromatic rings. The third kappa shape index (κ3) is 4.00. The number of phenols is 1. The molecule has 1 saturated heterocycles. The zero-order valence-electron chi connectivity index (χ0n) is 17.9. The van der Waals surface area contributed by atoms with Crippen molar-refractivity contribution in [3.05, 3.63) is 71.4 Å². The molecule has 0 bridgehead atoms. The standard InChI is InChI=1S/C24H29N3O3/c1-17-15-23(18(2)27(17)16-22-5-4-14-30-22)24(29)19(3)25-10-12-26(13-11-25)20-6-8-21(28)9-7-20/h4-9,14-15,19,28H,10-13,16H2,1-3H3/p+1/t19-/m0/s1. The number of Topliss-reactive ketones (excluding diaryl/α,β-unsaturated/α-hetero) is 1. The van der Waals surface area contributed by atoms with E-state index in [1.165, 1.54) is 4.90 Å². The summed E-state index contributed by atoms with van der Waals surface area (Å²) in [7, 11) is 0. The number of aromatic hydroxyl groups is 1. The molecule has 158 valence electrons. The Morgan fingerprint density at radius 2 is 1.87 bits per heavy atom. The number of benzene rings is 1. The van der Waals surface area contributed by atoms with Gasteiger partial charge in [-0.3, -0.25) is 4.79 Å². The van der Waals surface area contributed by atoms with Crippen LogP contribution in [0.25, 0.3) is 0 Å². The summed E-state index contributed by atoms with van der Waals surface area (Å²) in [5.41, 5.74) is 4.02. The normalized spacial score (nSPS) is 16.0. The molecule has 0 aliphatic carbocycles. The second-order valence-corrected chi connectivity index (χ2v) is 8.20. The van der Waals surface area contributed by atoms with Crippen molar-refractivity contribution < 1.29 is 19.2 Å². The minimum atomic E-state index is -0.0791.